The van der Waals surface area contributed by atoms with E-state index in [0.717, 1.165) is 13.1 Å². The van der Waals surface area contributed by atoms with Gasteiger partial charge >= 0.3 is 0 Å². The Morgan fingerprint density at radius 3 is 1.85 bits per heavy atom. The number of nitrogens with zero attached hydrogens (tertiary/aromatic N) is 1. The van der Waals surface area contributed by atoms with Crippen LogP contribution in [-0.4, -0.2) is 35.7 Å². The maximum absolute atomic E-state index is 8.97. The predicted molar refractivity (Wildman–Crippen MR) is 57.8 cm³/mol. The third-order valence-electron chi connectivity index (χ3n) is 2.19. The number of aliphatic hydroxyl groups is 1. The molecule has 0 rings (SSSR count). The van der Waals surface area contributed by atoms with Crippen LogP contribution in [0.1, 0.15) is 34.6 Å². The molecule has 1 atom stereocenters. The van der Waals surface area contributed by atoms with E-state index >= 15 is 0 Å². The van der Waals surface area contributed by atoms with Crippen molar-refractivity contribution in [3.8, 4) is 0 Å². The zero-order valence-electron chi connectivity index (χ0n) is 9.75. The molecule has 0 bridgehead atoms. The lowest BCUT2D eigenvalue weighted by atomic mass is 10.1. The van der Waals surface area contributed by atoms with E-state index in [0.29, 0.717) is 24.5 Å². The lowest BCUT2D eigenvalue weighted by molar-refractivity contribution is 0.137. The second-order valence-corrected chi connectivity index (χ2v) is 4.73. The number of rotatable bonds is 6. The molecule has 0 aliphatic heterocycles. The van der Waals surface area contributed by atoms with Gasteiger partial charge in [0.05, 0.1) is 0 Å². The average Bonchev–Trinajstić information content (AvgIpc) is 2.02. The van der Waals surface area contributed by atoms with Crippen molar-refractivity contribution in [3.05, 3.63) is 0 Å². The highest BCUT2D eigenvalue weighted by Crippen LogP contribution is 2.07. The Hall–Kier alpha value is -0.0800. The zero-order valence-corrected chi connectivity index (χ0v) is 9.75. The average molecular weight is 187 g/mol. The highest BCUT2D eigenvalue weighted by atomic mass is 16.3. The van der Waals surface area contributed by atoms with Crippen LogP contribution in [-0.2, 0) is 0 Å². The minimum absolute atomic E-state index is 0.293. The molecule has 0 spiro atoms. The molecule has 1 unspecified atom stereocenters. The standard InChI is InChI=1S/C11H25NO/c1-9(2)6-12(10(3)4)7-11(5)8-13/h9-11,13H,6-8H2,1-5H3. The SMILES string of the molecule is CC(C)CN(CC(C)CO)C(C)C. The van der Waals surface area contributed by atoms with Crippen LogP contribution in [0, 0.1) is 11.8 Å². The molecular weight excluding hydrogens is 162 g/mol. The van der Waals surface area contributed by atoms with Gasteiger partial charge in [-0.2, -0.15) is 0 Å². The van der Waals surface area contributed by atoms with Crippen LogP contribution in [0.2, 0.25) is 0 Å². The van der Waals surface area contributed by atoms with E-state index in [1.54, 1.807) is 0 Å². The molecule has 0 heterocycles. The molecule has 2 heteroatoms. The van der Waals surface area contributed by atoms with Crippen LogP contribution in [0.4, 0.5) is 0 Å². The predicted octanol–water partition coefficient (Wildman–Crippen LogP) is 1.98. The largest absolute Gasteiger partial charge is 0.396 e. The molecule has 2 nitrogen and oxygen atoms in total. The van der Waals surface area contributed by atoms with Crippen LogP contribution >= 0.6 is 0 Å². The van der Waals surface area contributed by atoms with Crippen molar-refractivity contribution in [1.29, 1.82) is 0 Å². The van der Waals surface area contributed by atoms with Crippen molar-refractivity contribution in [2.45, 2.75) is 40.7 Å². The van der Waals surface area contributed by atoms with E-state index in [2.05, 4.69) is 39.5 Å². The van der Waals surface area contributed by atoms with E-state index in [4.69, 9.17) is 5.11 Å². The van der Waals surface area contributed by atoms with E-state index < -0.39 is 0 Å². The molecule has 0 aliphatic rings. The first-order valence-corrected chi connectivity index (χ1v) is 5.32. The van der Waals surface area contributed by atoms with E-state index in [1.807, 2.05) is 0 Å². The Morgan fingerprint density at radius 1 is 1.00 bits per heavy atom. The number of hydrogen-bond donors (Lipinski definition) is 1. The zero-order chi connectivity index (χ0) is 10.4. The highest BCUT2D eigenvalue weighted by Gasteiger charge is 2.13. The summed E-state index contributed by atoms with van der Waals surface area (Å²) >= 11 is 0. The van der Waals surface area contributed by atoms with Crippen molar-refractivity contribution in [2.24, 2.45) is 11.8 Å². The lowest BCUT2D eigenvalue weighted by Crippen LogP contribution is -2.38. The van der Waals surface area contributed by atoms with Gasteiger partial charge in [-0.15, -0.1) is 0 Å². The van der Waals surface area contributed by atoms with Crippen LogP contribution in [0.25, 0.3) is 0 Å². The Kier molecular flexibility index (Phi) is 6.35. The summed E-state index contributed by atoms with van der Waals surface area (Å²) < 4.78 is 0. The second kappa shape index (κ2) is 6.39. The van der Waals surface area contributed by atoms with Crippen LogP contribution in [0.3, 0.4) is 0 Å². The van der Waals surface area contributed by atoms with E-state index in [-0.39, 0.29) is 0 Å². The van der Waals surface area contributed by atoms with Crippen LogP contribution < -0.4 is 0 Å². The summed E-state index contributed by atoms with van der Waals surface area (Å²) in [7, 11) is 0. The summed E-state index contributed by atoms with van der Waals surface area (Å²) in [5, 5.41) is 8.97. The topological polar surface area (TPSA) is 23.5 Å². The number of aliphatic hydroxyl groups excluding tert-OH is 1. The lowest BCUT2D eigenvalue weighted by Gasteiger charge is -2.30. The van der Waals surface area contributed by atoms with Gasteiger partial charge in [-0.05, 0) is 25.7 Å². The Labute approximate surface area is 82.9 Å². The Morgan fingerprint density at radius 2 is 1.54 bits per heavy atom. The summed E-state index contributed by atoms with van der Waals surface area (Å²) in [6.45, 7) is 13.4. The van der Waals surface area contributed by atoms with Crippen molar-refractivity contribution < 1.29 is 5.11 Å². The first kappa shape index (κ1) is 12.9. The van der Waals surface area contributed by atoms with Gasteiger partial charge < -0.3 is 10.0 Å². The van der Waals surface area contributed by atoms with Gasteiger partial charge in [0, 0.05) is 25.7 Å². The molecule has 13 heavy (non-hydrogen) atoms. The maximum Gasteiger partial charge on any atom is 0.0468 e. The Bertz CT molecular complexity index is 123. The molecule has 0 saturated carbocycles. The first-order chi connectivity index (χ1) is 5.97. The van der Waals surface area contributed by atoms with E-state index in [9.17, 15) is 0 Å². The van der Waals surface area contributed by atoms with Gasteiger partial charge in [-0.25, -0.2) is 0 Å². The third-order valence-corrected chi connectivity index (χ3v) is 2.19. The molecular formula is C11H25NO. The summed E-state index contributed by atoms with van der Waals surface area (Å²) in [5.41, 5.74) is 0. The smallest absolute Gasteiger partial charge is 0.0468 e. The van der Waals surface area contributed by atoms with Crippen molar-refractivity contribution in [3.63, 3.8) is 0 Å². The fourth-order valence-corrected chi connectivity index (χ4v) is 1.42. The van der Waals surface area contributed by atoms with Gasteiger partial charge in [-0.1, -0.05) is 20.8 Å². The van der Waals surface area contributed by atoms with Crippen LogP contribution in [0.5, 0.6) is 0 Å². The van der Waals surface area contributed by atoms with Crippen molar-refractivity contribution >= 4 is 0 Å². The molecule has 0 fully saturated rings. The molecule has 0 aromatic heterocycles. The summed E-state index contributed by atoms with van der Waals surface area (Å²) in [5.74, 6) is 1.09. The molecule has 80 valence electrons. The quantitative estimate of drug-likeness (QED) is 0.687. The van der Waals surface area contributed by atoms with Crippen LogP contribution in [0.15, 0.2) is 0 Å². The minimum atomic E-state index is 0.293. The summed E-state index contributed by atoms with van der Waals surface area (Å²) in [4.78, 5) is 2.44. The third kappa shape index (κ3) is 6.05. The monoisotopic (exact) mass is 187 g/mol. The first-order valence-electron chi connectivity index (χ1n) is 5.32. The number of hydrogen-bond acceptors (Lipinski definition) is 2. The molecule has 0 saturated heterocycles. The summed E-state index contributed by atoms with van der Waals surface area (Å²) in [6.07, 6.45) is 0. The Balaban J connectivity index is 3.94. The second-order valence-electron chi connectivity index (χ2n) is 4.73. The van der Waals surface area contributed by atoms with Gasteiger partial charge in [-0.3, -0.25) is 0 Å². The van der Waals surface area contributed by atoms with Crippen molar-refractivity contribution in [2.75, 3.05) is 19.7 Å². The molecule has 0 radical (unpaired) electrons. The fourth-order valence-electron chi connectivity index (χ4n) is 1.42. The van der Waals surface area contributed by atoms with Gasteiger partial charge in [0.15, 0.2) is 0 Å². The highest BCUT2D eigenvalue weighted by molar-refractivity contribution is 4.67. The molecule has 0 aliphatic carbocycles. The molecule has 0 aromatic rings. The van der Waals surface area contributed by atoms with Gasteiger partial charge in [0.25, 0.3) is 0 Å². The molecule has 0 aromatic carbocycles. The molecule has 0 amide bonds. The fraction of sp³-hybridized carbons (Fsp3) is 1.00. The molecule has 1 N–H and O–H groups in total. The summed E-state index contributed by atoms with van der Waals surface area (Å²) in [6, 6.07) is 0.580. The van der Waals surface area contributed by atoms with Gasteiger partial charge in [0.1, 0.15) is 0 Å². The van der Waals surface area contributed by atoms with E-state index in [1.165, 1.54) is 0 Å². The minimum Gasteiger partial charge on any atom is -0.396 e. The maximum atomic E-state index is 8.97. The normalized spacial score (nSPS) is 14.5. The van der Waals surface area contributed by atoms with Gasteiger partial charge in [0.2, 0.25) is 0 Å². The van der Waals surface area contributed by atoms with Crippen molar-refractivity contribution in [1.82, 2.24) is 4.90 Å².